The van der Waals surface area contributed by atoms with E-state index in [1.54, 1.807) is 12.1 Å². The van der Waals surface area contributed by atoms with Gasteiger partial charge in [0.05, 0.1) is 5.56 Å². The van der Waals surface area contributed by atoms with E-state index in [4.69, 9.17) is 5.11 Å². The fraction of sp³-hybridized carbons (Fsp3) is 0.500. The zero-order chi connectivity index (χ0) is 11.8. The standard InChI is InChI=1S/C14H17NO2/c16-14(17)10-3-1-2-9(4-10)8-15-13-6-11-5-12(11)7-13/h1-4,11-13,15H,5-8H2,(H,16,17). The summed E-state index contributed by atoms with van der Waals surface area (Å²) in [5.74, 6) is 1.12. The molecule has 0 aliphatic heterocycles. The van der Waals surface area contributed by atoms with Gasteiger partial charge >= 0.3 is 5.97 Å². The number of benzene rings is 1. The molecule has 2 aliphatic rings. The molecule has 0 saturated heterocycles. The second kappa shape index (κ2) is 4.15. The van der Waals surface area contributed by atoms with Crippen LogP contribution in [0.3, 0.4) is 0 Å². The molecule has 2 N–H and O–H groups in total. The van der Waals surface area contributed by atoms with E-state index < -0.39 is 5.97 Å². The summed E-state index contributed by atoms with van der Waals surface area (Å²) < 4.78 is 0. The van der Waals surface area contributed by atoms with Gasteiger partial charge in [0, 0.05) is 12.6 Å². The van der Waals surface area contributed by atoms with Crippen LogP contribution in [0, 0.1) is 11.8 Å². The third-order valence-corrected chi connectivity index (χ3v) is 4.01. The lowest BCUT2D eigenvalue weighted by Gasteiger charge is -2.14. The van der Waals surface area contributed by atoms with Gasteiger partial charge in [-0.05, 0) is 48.8 Å². The number of rotatable bonds is 4. The van der Waals surface area contributed by atoms with Crippen LogP contribution >= 0.6 is 0 Å². The third kappa shape index (κ3) is 2.34. The van der Waals surface area contributed by atoms with Crippen LogP contribution in [-0.4, -0.2) is 17.1 Å². The molecule has 3 heteroatoms. The highest BCUT2D eigenvalue weighted by atomic mass is 16.4. The van der Waals surface area contributed by atoms with E-state index in [1.165, 1.54) is 19.3 Å². The Bertz CT molecular complexity index is 434. The minimum absolute atomic E-state index is 0.374. The maximum atomic E-state index is 10.8. The molecule has 2 unspecified atom stereocenters. The molecule has 2 saturated carbocycles. The van der Waals surface area contributed by atoms with Gasteiger partial charge in [-0.2, -0.15) is 0 Å². The van der Waals surface area contributed by atoms with Crippen LogP contribution in [0.15, 0.2) is 24.3 Å². The fourth-order valence-corrected chi connectivity index (χ4v) is 2.96. The van der Waals surface area contributed by atoms with Crippen LogP contribution in [0.1, 0.15) is 35.2 Å². The minimum Gasteiger partial charge on any atom is -0.478 e. The number of carboxylic acids is 1. The number of aromatic carboxylic acids is 1. The van der Waals surface area contributed by atoms with Gasteiger partial charge in [-0.15, -0.1) is 0 Å². The second-order valence-corrected chi connectivity index (χ2v) is 5.31. The number of carbonyl (C=O) groups is 1. The second-order valence-electron chi connectivity index (χ2n) is 5.31. The normalized spacial score (nSPS) is 30.0. The lowest BCUT2D eigenvalue weighted by atomic mass is 10.1. The van der Waals surface area contributed by atoms with Crippen molar-refractivity contribution in [1.82, 2.24) is 5.32 Å². The summed E-state index contributed by atoms with van der Waals surface area (Å²) >= 11 is 0. The van der Waals surface area contributed by atoms with Gasteiger partial charge in [0.2, 0.25) is 0 Å². The lowest BCUT2D eigenvalue weighted by Crippen LogP contribution is -2.26. The van der Waals surface area contributed by atoms with Gasteiger partial charge in [0.15, 0.2) is 0 Å². The Balaban J connectivity index is 1.57. The van der Waals surface area contributed by atoms with Crippen molar-refractivity contribution in [2.24, 2.45) is 11.8 Å². The summed E-state index contributed by atoms with van der Waals surface area (Å²) in [6, 6.07) is 7.83. The number of fused-ring (bicyclic) bond motifs is 1. The first-order valence-corrected chi connectivity index (χ1v) is 6.28. The van der Waals surface area contributed by atoms with E-state index >= 15 is 0 Å². The van der Waals surface area contributed by atoms with Gasteiger partial charge in [0.25, 0.3) is 0 Å². The van der Waals surface area contributed by atoms with Gasteiger partial charge in [-0.3, -0.25) is 0 Å². The summed E-state index contributed by atoms with van der Waals surface area (Å²) in [6.45, 7) is 0.783. The summed E-state index contributed by atoms with van der Waals surface area (Å²) in [5, 5.41) is 12.4. The highest BCUT2D eigenvalue weighted by Gasteiger charge is 2.45. The smallest absolute Gasteiger partial charge is 0.335 e. The Hall–Kier alpha value is -1.35. The van der Waals surface area contributed by atoms with Crippen molar-refractivity contribution in [3.05, 3.63) is 35.4 Å². The molecule has 17 heavy (non-hydrogen) atoms. The highest BCUT2D eigenvalue weighted by Crippen LogP contribution is 2.51. The van der Waals surface area contributed by atoms with Crippen LogP contribution in [0.2, 0.25) is 0 Å². The molecule has 0 spiro atoms. The Morgan fingerprint density at radius 1 is 1.29 bits per heavy atom. The van der Waals surface area contributed by atoms with Crippen molar-refractivity contribution in [2.45, 2.75) is 31.8 Å². The molecule has 90 valence electrons. The molecule has 2 aliphatic carbocycles. The molecule has 3 nitrogen and oxygen atoms in total. The third-order valence-electron chi connectivity index (χ3n) is 4.01. The number of hydrogen-bond donors (Lipinski definition) is 2. The molecule has 0 radical (unpaired) electrons. The first kappa shape index (κ1) is 10.8. The highest BCUT2D eigenvalue weighted by molar-refractivity contribution is 5.87. The average Bonchev–Trinajstić information content (AvgIpc) is 2.94. The molecule has 1 aromatic rings. The maximum Gasteiger partial charge on any atom is 0.335 e. The van der Waals surface area contributed by atoms with Crippen LogP contribution in [0.5, 0.6) is 0 Å². The van der Waals surface area contributed by atoms with Crippen molar-refractivity contribution in [3.63, 3.8) is 0 Å². The van der Waals surface area contributed by atoms with Crippen LogP contribution in [0.25, 0.3) is 0 Å². The zero-order valence-corrected chi connectivity index (χ0v) is 9.73. The summed E-state index contributed by atoms with van der Waals surface area (Å²) in [7, 11) is 0. The van der Waals surface area contributed by atoms with E-state index in [-0.39, 0.29) is 0 Å². The van der Waals surface area contributed by atoms with Crippen LogP contribution in [0.4, 0.5) is 0 Å². The Morgan fingerprint density at radius 3 is 2.76 bits per heavy atom. The average molecular weight is 231 g/mol. The minimum atomic E-state index is -0.853. The Labute approximate surface area is 101 Å². The SMILES string of the molecule is O=C(O)c1cccc(CNC2CC3CC3C2)c1. The molecule has 0 bridgehead atoms. The quantitative estimate of drug-likeness (QED) is 0.835. The van der Waals surface area contributed by atoms with Crippen molar-refractivity contribution in [3.8, 4) is 0 Å². The summed E-state index contributed by atoms with van der Waals surface area (Å²) in [6.07, 6.45) is 4.05. The predicted molar refractivity (Wildman–Crippen MR) is 64.9 cm³/mol. The van der Waals surface area contributed by atoms with E-state index in [2.05, 4.69) is 5.32 Å². The number of carboxylic acid groups (broad SMARTS) is 1. The Morgan fingerprint density at radius 2 is 2.06 bits per heavy atom. The van der Waals surface area contributed by atoms with Gasteiger partial charge in [-0.1, -0.05) is 12.1 Å². The van der Waals surface area contributed by atoms with Gasteiger partial charge < -0.3 is 10.4 Å². The summed E-state index contributed by atoms with van der Waals surface area (Å²) in [5.41, 5.74) is 1.43. The molecule has 1 aromatic carbocycles. The molecule has 0 heterocycles. The molecular weight excluding hydrogens is 214 g/mol. The van der Waals surface area contributed by atoms with Crippen LogP contribution in [-0.2, 0) is 6.54 Å². The van der Waals surface area contributed by atoms with E-state index in [0.29, 0.717) is 11.6 Å². The summed E-state index contributed by atoms with van der Waals surface area (Å²) in [4.78, 5) is 10.8. The topological polar surface area (TPSA) is 49.3 Å². The molecule has 3 rings (SSSR count). The van der Waals surface area contributed by atoms with E-state index in [0.717, 1.165) is 23.9 Å². The molecule has 2 fully saturated rings. The monoisotopic (exact) mass is 231 g/mol. The fourth-order valence-electron chi connectivity index (χ4n) is 2.96. The van der Waals surface area contributed by atoms with Crippen LogP contribution < -0.4 is 5.32 Å². The first-order chi connectivity index (χ1) is 8.22. The molecule has 2 atom stereocenters. The zero-order valence-electron chi connectivity index (χ0n) is 9.73. The largest absolute Gasteiger partial charge is 0.478 e. The number of nitrogens with one attached hydrogen (secondary N) is 1. The van der Waals surface area contributed by atoms with Crippen molar-refractivity contribution in [2.75, 3.05) is 0 Å². The number of hydrogen-bond acceptors (Lipinski definition) is 2. The Kier molecular flexibility index (Phi) is 2.63. The molecule has 0 amide bonds. The van der Waals surface area contributed by atoms with Gasteiger partial charge in [0.1, 0.15) is 0 Å². The van der Waals surface area contributed by atoms with Crippen molar-refractivity contribution in [1.29, 1.82) is 0 Å². The lowest BCUT2D eigenvalue weighted by molar-refractivity contribution is 0.0697. The molecular formula is C14H17NO2. The first-order valence-electron chi connectivity index (χ1n) is 6.28. The van der Waals surface area contributed by atoms with E-state index in [9.17, 15) is 4.79 Å². The van der Waals surface area contributed by atoms with Crippen molar-refractivity contribution < 1.29 is 9.90 Å². The predicted octanol–water partition coefficient (Wildman–Crippen LogP) is 2.27. The maximum absolute atomic E-state index is 10.8. The van der Waals surface area contributed by atoms with E-state index in [1.807, 2.05) is 12.1 Å². The van der Waals surface area contributed by atoms with Gasteiger partial charge in [-0.25, -0.2) is 4.79 Å². The van der Waals surface area contributed by atoms with Crippen molar-refractivity contribution >= 4 is 5.97 Å². The molecule has 0 aromatic heterocycles.